The van der Waals surface area contributed by atoms with Gasteiger partial charge in [-0.15, -0.1) is 0 Å². The van der Waals surface area contributed by atoms with E-state index in [0.717, 1.165) is 5.52 Å². The van der Waals surface area contributed by atoms with Crippen LogP contribution in [0, 0.1) is 17.1 Å². The highest BCUT2D eigenvalue weighted by molar-refractivity contribution is 5.91. The summed E-state index contributed by atoms with van der Waals surface area (Å²) in [6, 6.07) is 15.2. The summed E-state index contributed by atoms with van der Waals surface area (Å²) in [7, 11) is 1.27. The van der Waals surface area contributed by atoms with E-state index in [-0.39, 0.29) is 5.56 Å². The lowest BCUT2D eigenvalue weighted by atomic mass is 9.95. The summed E-state index contributed by atoms with van der Waals surface area (Å²) >= 11 is 0. The number of carbonyl (C=O) groups excluding carboxylic acids is 1. The highest BCUT2D eigenvalue weighted by atomic mass is 19.1. The van der Waals surface area contributed by atoms with Gasteiger partial charge in [0.05, 0.1) is 29.4 Å². The highest BCUT2D eigenvalue weighted by Crippen LogP contribution is 2.44. The monoisotopic (exact) mass is 373 g/mol. The number of fused-ring (bicyclic) bond motifs is 7. The number of para-hydroxylation sites is 2. The molecule has 136 valence electrons. The smallest absolute Gasteiger partial charge is 0.351 e. The molecule has 1 aliphatic rings. The van der Waals surface area contributed by atoms with Crippen molar-refractivity contribution in [1.29, 1.82) is 5.26 Å². The Morgan fingerprint density at radius 3 is 2.89 bits per heavy atom. The van der Waals surface area contributed by atoms with Crippen LogP contribution in [-0.2, 0) is 9.53 Å². The van der Waals surface area contributed by atoms with Crippen LogP contribution in [0.1, 0.15) is 17.2 Å². The van der Waals surface area contributed by atoms with Crippen molar-refractivity contribution in [1.82, 2.24) is 9.38 Å². The third-order valence-corrected chi connectivity index (χ3v) is 4.86. The van der Waals surface area contributed by atoms with Gasteiger partial charge in [-0.1, -0.05) is 12.1 Å². The lowest BCUT2D eigenvalue weighted by molar-refractivity contribution is -0.149. The minimum atomic E-state index is -1.07. The summed E-state index contributed by atoms with van der Waals surface area (Å²) in [5, 5.41) is 9.66. The molecule has 4 aromatic rings. The summed E-state index contributed by atoms with van der Waals surface area (Å²) in [5.41, 5.74) is 3.61. The van der Waals surface area contributed by atoms with Crippen molar-refractivity contribution < 1.29 is 18.7 Å². The van der Waals surface area contributed by atoms with Gasteiger partial charge >= 0.3 is 5.97 Å². The molecule has 0 saturated carbocycles. The van der Waals surface area contributed by atoms with Crippen molar-refractivity contribution in [3.63, 3.8) is 0 Å². The SMILES string of the molecule is COC(=O)C1Oc2ccc(F)cc2-c2c1cc(C#N)c1nc3ccccc3n21. The van der Waals surface area contributed by atoms with E-state index in [1.807, 2.05) is 24.3 Å². The van der Waals surface area contributed by atoms with Crippen molar-refractivity contribution in [2.45, 2.75) is 6.10 Å². The molecule has 0 bridgehead atoms. The van der Waals surface area contributed by atoms with E-state index in [9.17, 15) is 14.4 Å². The zero-order valence-electron chi connectivity index (χ0n) is 14.6. The third kappa shape index (κ3) is 2.12. The topological polar surface area (TPSA) is 76.6 Å². The lowest BCUT2D eigenvalue weighted by Gasteiger charge is -2.28. The molecule has 0 fully saturated rings. The van der Waals surface area contributed by atoms with Gasteiger partial charge in [0, 0.05) is 11.1 Å². The predicted molar refractivity (Wildman–Crippen MR) is 98.2 cm³/mol. The van der Waals surface area contributed by atoms with E-state index >= 15 is 0 Å². The maximum atomic E-state index is 14.1. The molecule has 5 rings (SSSR count). The fourth-order valence-corrected chi connectivity index (χ4v) is 3.67. The maximum absolute atomic E-state index is 14.1. The number of nitriles is 1. The van der Waals surface area contributed by atoms with Crippen molar-refractivity contribution in [2.75, 3.05) is 7.11 Å². The minimum absolute atomic E-state index is 0.285. The molecule has 1 atom stereocenters. The molecule has 2 aromatic heterocycles. The Morgan fingerprint density at radius 2 is 2.11 bits per heavy atom. The van der Waals surface area contributed by atoms with Gasteiger partial charge in [-0.3, -0.25) is 4.40 Å². The summed E-state index contributed by atoms with van der Waals surface area (Å²) in [5.74, 6) is -0.691. The van der Waals surface area contributed by atoms with Crippen molar-refractivity contribution in [2.24, 2.45) is 0 Å². The van der Waals surface area contributed by atoms with Gasteiger partial charge in [-0.2, -0.15) is 5.26 Å². The standard InChI is InChI=1S/C21H12FN3O3/c1-27-21(26)19-14-8-11(10-23)20-24-15-4-2-3-5-16(15)25(20)18(14)13-9-12(22)6-7-17(13)28-19/h2-9,19H,1H3. The van der Waals surface area contributed by atoms with E-state index in [1.165, 1.54) is 25.3 Å². The first-order valence-electron chi connectivity index (χ1n) is 8.51. The molecule has 0 aliphatic carbocycles. The number of benzene rings is 2. The average Bonchev–Trinajstić information content (AvgIpc) is 3.11. The Hall–Kier alpha value is -3.92. The first-order valence-corrected chi connectivity index (χ1v) is 8.51. The number of rotatable bonds is 1. The molecule has 2 aromatic carbocycles. The van der Waals surface area contributed by atoms with Crippen LogP contribution in [0.2, 0.25) is 0 Å². The number of ether oxygens (including phenoxy) is 2. The summed E-state index contributed by atoms with van der Waals surface area (Å²) in [6.07, 6.45) is -1.07. The summed E-state index contributed by atoms with van der Waals surface area (Å²) in [6.45, 7) is 0. The van der Waals surface area contributed by atoms with E-state index in [1.54, 1.807) is 10.5 Å². The number of nitrogens with zero attached hydrogens (tertiary/aromatic N) is 3. The molecule has 0 spiro atoms. The van der Waals surface area contributed by atoms with Gasteiger partial charge in [0.1, 0.15) is 17.6 Å². The van der Waals surface area contributed by atoms with Gasteiger partial charge in [-0.05, 0) is 36.4 Å². The van der Waals surface area contributed by atoms with Crippen LogP contribution in [0.3, 0.4) is 0 Å². The van der Waals surface area contributed by atoms with Crippen molar-refractivity contribution >= 4 is 22.6 Å². The summed E-state index contributed by atoms with van der Waals surface area (Å²) in [4.78, 5) is 17.0. The zero-order valence-corrected chi connectivity index (χ0v) is 14.6. The number of esters is 1. The normalized spacial score (nSPS) is 14.8. The van der Waals surface area contributed by atoms with Gasteiger partial charge in [-0.25, -0.2) is 14.2 Å². The molecule has 3 heterocycles. The molecular formula is C21H12FN3O3. The first kappa shape index (κ1) is 16.3. The summed E-state index contributed by atoms with van der Waals surface area (Å²) < 4.78 is 26.6. The highest BCUT2D eigenvalue weighted by Gasteiger charge is 2.35. The van der Waals surface area contributed by atoms with Crippen LogP contribution in [0.4, 0.5) is 4.39 Å². The molecule has 1 unspecified atom stereocenters. The number of aromatic nitrogens is 2. The Labute approximate surface area is 158 Å². The van der Waals surface area contributed by atoms with Crippen LogP contribution in [-0.4, -0.2) is 22.5 Å². The first-order chi connectivity index (χ1) is 13.6. The molecule has 6 nitrogen and oxygen atoms in total. The Morgan fingerprint density at radius 1 is 1.29 bits per heavy atom. The number of methoxy groups -OCH3 is 1. The molecule has 0 N–H and O–H groups in total. The number of carbonyl (C=O) groups is 1. The minimum Gasteiger partial charge on any atom is -0.473 e. The van der Waals surface area contributed by atoms with Gasteiger partial charge in [0.15, 0.2) is 5.65 Å². The fourth-order valence-electron chi connectivity index (χ4n) is 3.67. The largest absolute Gasteiger partial charge is 0.473 e. The second kappa shape index (κ2) is 5.79. The molecule has 0 amide bonds. The molecule has 1 aliphatic heterocycles. The number of hydrogen-bond donors (Lipinski definition) is 0. The Kier molecular flexibility index (Phi) is 3.36. The zero-order chi connectivity index (χ0) is 19.4. The third-order valence-electron chi connectivity index (χ3n) is 4.86. The van der Waals surface area contributed by atoms with Crippen LogP contribution in [0.15, 0.2) is 48.5 Å². The quantitative estimate of drug-likeness (QED) is 0.475. The lowest BCUT2D eigenvalue weighted by Crippen LogP contribution is -2.25. The van der Waals surface area contributed by atoms with Gasteiger partial charge in [0.2, 0.25) is 6.10 Å². The maximum Gasteiger partial charge on any atom is 0.351 e. The van der Waals surface area contributed by atoms with E-state index < -0.39 is 17.9 Å². The molecule has 7 heteroatoms. The predicted octanol–water partition coefficient (Wildman–Crippen LogP) is 3.77. The number of pyridine rings is 1. The number of halogens is 1. The number of imidazole rings is 1. The average molecular weight is 373 g/mol. The van der Waals surface area contributed by atoms with E-state index in [0.29, 0.717) is 33.7 Å². The van der Waals surface area contributed by atoms with Gasteiger partial charge in [0.25, 0.3) is 0 Å². The Balaban J connectivity index is 2.01. The van der Waals surface area contributed by atoms with Crippen molar-refractivity contribution in [3.05, 3.63) is 65.5 Å². The molecule has 0 radical (unpaired) electrons. The van der Waals surface area contributed by atoms with E-state index in [4.69, 9.17) is 9.47 Å². The molecule has 0 saturated heterocycles. The second-order valence-electron chi connectivity index (χ2n) is 6.39. The van der Waals surface area contributed by atoms with Gasteiger partial charge < -0.3 is 9.47 Å². The van der Waals surface area contributed by atoms with Crippen LogP contribution in [0.5, 0.6) is 5.75 Å². The van der Waals surface area contributed by atoms with Crippen LogP contribution < -0.4 is 4.74 Å². The molecular weight excluding hydrogens is 361 g/mol. The van der Waals surface area contributed by atoms with E-state index in [2.05, 4.69) is 11.1 Å². The van der Waals surface area contributed by atoms with Crippen LogP contribution >= 0.6 is 0 Å². The Bertz CT molecular complexity index is 1340. The molecule has 28 heavy (non-hydrogen) atoms. The number of hydrogen-bond acceptors (Lipinski definition) is 5. The fraction of sp³-hybridized carbons (Fsp3) is 0.0952. The van der Waals surface area contributed by atoms with Crippen molar-refractivity contribution in [3.8, 4) is 23.1 Å². The second-order valence-corrected chi connectivity index (χ2v) is 6.39. The van der Waals surface area contributed by atoms with Crippen LogP contribution in [0.25, 0.3) is 27.9 Å².